The summed E-state index contributed by atoms with van der Waals surface area (Å²) < 4.78 is 16.8. The summed E-state index contributed by atoms with van der Waals surface area (Å²) in [4.78, 5) is 12.1. The van der Waals surface area contributed by atoms with Gasteiger partial charge in [-0.1, -0.05) is 96.2 Å². The second-order valence-electron chi connectivity index (χ2n) is 11.6. The average molecular weight is 600 g/mol. The van der Waals surface area contributed by atoms with Crippen LogP contribution >= 0.6 is 0 Å². The fourth-order valence-electron chi connectivity index (χ4n) is 5.74. The van der Waals surface area contributed by atoms with Crippen molar-refractivity contribution in [3.8, 4) is 33.9 Å². The first kappa shape index (κ1) is 30.1. The van der Waals surface area contributed by atoms with Crippen molar-refractivity contribution in [3.63, 3.8) is 0 Å². The zero-order valence-electron chi connectivity index (χ0n) is 25.6. The maximum absolute atomic E-state index is 12.1. The van der Waals surface area contributed by atoms with Crippen LogP contribution < -0.4 is 4.74 Å². The highest BCUT2D eigenvalue weighted by atomic mass is 16.5. The van der Waals surface area contributed by atoms with Crippen LogP contribution in [0.25, 0.3) is 28.5 Å². The Morgan fingerprint density at radius 3 is 2.16 bits per heavy atom. The quantitative estimate of drug-likeness (QED) is 0.144. The van der Waals surface area contributed by atoms with Crippen LogP contribution in [0.4, 0.5) is 0 Å². The average Bonchev–Trinajstić information content (AvgIpc) is 3.74. The second kappa shape index (κ2) is 13.4. The van der Waals surface area contributed by atoms with Gasteiger partial charge >= 0.3 is 5.97 Å². The number of hydrogen-bond acceptors (Lipinski definition) is 6. The highest BCUT2D eigenvalue weighted by molar-refractivity contribution is 5.73. The van der Waals surface area contributed by atoms with Crippen LogP contribution in [0.5, 0.6) is 11.5 Å². The molecule has 45 heavy (non-hydrogen) atoms. The highest BCUT2D eigenvalue weighted by Gasteiger charge is 2.46. The van der Waals surface area contributed by atoms with Crippen LogP contribution in [0, 0.1) is 6.92 Å². The molecule has 228 valence electrons. The predicted octanol–water partition coefficient (Wildman–Crippen LogP) is 9.23. The van der Waals surface area contributed by atoms with Gasteiger partial charge in [0.15, 0.2) is 5.76 Å². The monoisotopic (exact) mass is 599 g/mol. The van der Waals surface area contributed by atoms with Gasteiger partial charge in [-0.15, -0.1) is 0 Å². The summed E-state index contributed by atoms with van der Waals surface area (Å²) in [5.41, 5.74) is 6.51. The van der Waals surface area contributed by atoms with Crippen molar-refractivity contribution in [2.75, 3.05) is 6.61 Å². The van der Waals surface area contributed by atoms with Crippen molar-refractivity contribution in [1.82, 2.24) is 5.16 Å². The van der Waals surface area contributed by atoms with E-state index < -0.39 is 6.10 Å². The van der Waals surface area contributed by atoms with Crippen LogP contribution in [-0.2, 0) is 14.9 Å². The maximum Gasteiger partial charge on any atom is 0.306 e. The molecule has 0 amide bonds. The lowest BCUT2D eigenvalue weighted by molar-refractivity contribution is -0.143. The number of carbonyl (C=O) groups excluding carboxylic acids is 1. The van der Waals surface area contributed by atoms with E-state index in [2.05, 4.69) is 41.6 Å². The predicted molar refractivity (Wildman–Crippen MR) is 176 cm³/mol. The molecule has 1 heterocycles. The Balaban J connectivity index is 1.09. The molecule has 0 spiro atoms. The van der Waals surface area contributed by atoms with Crippen LogP contribution in [0.3, 0.4) is 0 Å². The molecule has 6 heteroatoms. The number of rotatable bonds is 12. The standard InChI is InChI=1S/C39H37NO5/c1-3-43-36(42)26-39(24-25-39)32-20-18-30(19-21-32)29-14-16-31(17-15-29)38-37(27(2)40-45-38)35(41)11-7-8-28-12-22-34(23-13-28)44-33-9-5-4-6-10-33/h4-10,12-23,35,41H,3,11,24-26H2,1-2H3. The lowest BCUT2D eigenvalue weighted by atomic mass is 9.90. The first-order chi connectivity index (χ1) is 21.9. The number of hydrogen-bond donors (Lipinski definition) is 1. The van der Waals surface area contributed by atoms with E-state index in [0.717, 1.165) is 46.6 Å². The summed E-state index contributed by atoms with van der Waals surface area (Å²) in [6.45, 7) is 4.11. The van der Waals surface area contributed by atoms with Gasteiger partial charge in [0.1, 0.15) is 11.5 Å². The van der Waals surface area contributed by atoms with Crippen molar-refractivity contribution in [1.29, 1.82) is 0 Å². The van der Waals surface area contributed by atoms with Crippen LogP contribution in [0.15, 0.2) is 114 Å². The van der Waals surface area contributed by atoms with Crippen molar-refractivity contribution in [2.45, 2.75) is 51.0 Å². The van der Waals surface area contributed by atoms with Crippen LogP contribution in [-0.4, -0.2) is 22.8 Å². The third kappa shape index (κ3) is 7.08. The highest BCUT2D eigenvalue weighted by Crippen LogP contribution is 2.51. The summed E-state index contributed by atoms with van der Waals surface area (Å²) in [7, 11) is 0. The molecule has 0 aliphatic heterocycles. The first-order valence-corrected chi connectivity index (χ1v) is 15.4. The normalized spacial score (nSPS) is 14.3. The smallest absolute Gasteiger partial charge is 0.306 e. The van der Waals surface area contributed by atoms with E-state index in [9.17, 15) is 9.90 Å². The number of carbonyl (C=O) groups is 1. The summed E-state index contributed by atoms with van der Waals surface area (Å²) in [5.74, 6) is 2.01. The summed E-state index contributed by atoms with van der Waals surface area (Å²) in [5, 5.41) is 15.3. The number of benzene rings is 4. The molecule has 0 saturated heterocycles. The number of aliphatic hydroxyl groups is 1. The summed E-state index contributed by atoms with van der Waals surface area (Å²) in [6.07, 6.45) is 6.06. The molecule has 1 aliphatic rings. The summed E-state index contributed by atoms with van der Waals surface area (Å²) >= 11 is 0. The molecule has 1 N–H and O–H groups in total. The molecule has 1 saturated carbocycles. The molecule has 5 aromatic rings. The molecule has 1 fully saturated rings. The Morgan fingerprint density at radius 2 is 1.51 bits per heavy atom. The molecular formula is C39H37NO5. The van der Waals surface area contributed by atoms with Gasteiger partial charge in [-0.05, 0) is 79.6 Å². The van der Waals surface area contributed by atoms with E-state index in [1.807, 2.05) is 92.7 Å². The maximum atomic E-state index is 12.1. The molecule has 1 aliphatic carbocycles. The molecule has 6 nitrogen and oxygen atoms in total. The Kier molecular flexibility index (Phi) is 8.94. The number of aryl methyl sites for hydroxylation is 1. The van der Waals surface area contributed by atoms with E-state index in [4.69, 9.17) is 14.0 Å². The van der Waals surface area contributed by atoms with Gasteiger partial charge in [-0.2, -0.15) is 0 Å². The van der Waals surface area contributed by atoms with Gasteiger partial charge in [-0.3, -0.25) is 4.79 Å². The number of aromatic nitrogens is 1. The van der Waals surface area contributed by atoms with Gasteiger partial charge < -0.3 is 19.1 Å². The van der Waals surface area contributed by atoms with E-state index in [-0.39, 0.29) is 11.4 Å². The molecule has 4 aromatic carbocycles. The molecule has 6 rings (SSSR count). The fourth-order valence-corrected chi connectivity index (χ4v) is 5.74. The zero-order valence-corrected chi connectivity index (χ0v) is 25.6. The number of esters is 1. The Labute approximate surface area is 263 Å². The molecule has 1 atom stereocenters. The molecule has 0 radical (unpaired) electrons. The lowest BCUT2D eigenvalue weighted by Crippen LogP contribution is -2.15. The Hall–Kier alpha value is -4.94. The van der Waals surface area contributed by atoms with Gasteiger partial charge in [0, 0.05) is 11.0 Å². The van der Waals surface area contributed by atoms with Gasteiger partial charge in [0.25, 0.3) is 0 Å². The molecule has 1 unspecified atom stereocenters. The second-order valence-corrected chi connectivity index (χ2v) is 11.6. The van der Waals surface area contributed by atoms with E-state index in [1.54, 1.807) is 0 Å². The van der Waals surface area contributed by atoms with Gasteiger partial charge in [0.2, 0.25) is 0 Å². The largest absolute Gasteiger partial charge is 0.466 e. The van der Waals surface area contributed by atoms with Crippen molar-refractivity contribution in [2.24, 2.45) is 0 Å². The van der Waals surface area contributed by atoms with Crippen LogP contribution in [0.1, 0.15) is 61.1 Å². The minimum absolute atomic E-state index is 0.0761. The zero-order chi connectivity index (χ0) is 31.2. The van der Waals surface area contributed by atoms with E-state index in [0.29, 0.717) is 36.5 Å². The van der Waals surface area contributed by atoms with Crippen LogP contribution in [0.2, 0.25) is 0 Å². The molecular weight excluding hydrogens is 562 g/mol. The van der Waals surface area contributed by atoms with Gasteiger partial charge in [0.05, 0.1) is 30.4 Å². The minimum Gasteiger partial charge on any atom is -0.466 e. The van der Waals surface area contributed by atoms with E-state index >= 15 is 0 Å². The van der Waals surface area contributed by atoms with Crippen molar-refractivity contribution < 1.29 is 23.9 Å². The fraction of sp³-hybridized carbons (Fsp3) is 0.231. The number of ether oxygens (including phenoxy) is 2. The number of aliphatic hydroxyl groups excluding tert-OH is 1. The third-order valence-electron chi connectivity index (χ3n) is 8.39. The third-order valence-corrected chi connectivity index (χ3v) is 8.39. The minimum atomic E-state index is -0.764. The molecule has 0 bridgehead atoms. The molecule has 1 aromatic heterocycles. The first-order valence-electron chi connectivity index (χ1n) is 15.4. The van der Waals surface area contributed by atoms with Crippen molar-refractivity contribution >= 4 is 12.0 Å². The lowest BCUT2D eigenvalue weighted by Gasteiger charge is -2.15. The summed E-state index contributed by atoms with van der Waals surface area (Å²) in [6, 6.07) is 34.1. The van der Waals surface area contributed by atoms with Crippen molar-refractivity contribution in [3.05, 3.63) is 132 Å². The SMILES string of the molecule is CCOC(=O)CC1(c2ccc(-c3ccc(-c4onc(C)c4C(O)CC=Cc4ccc(Oc5ccccc5)cc4)cc3)cc2)CC1. The number of para-hydroxylation sites is 1. The van der Waals surface area contributed by atoms with E-state index in [1.165, 1.54) is 5.56 Å². The van der Waals surface area contributed by atoms with Gasteiger partial charge in [-0.25, -0.2) is 0 Å². The topological polar surface area (TPSA) is 81.8 Å². The Bertz CT molecular complexity index is 1750. The number of nitrogens with zero attached hydrogens (tertiary/aromatic N) is 1. The Morgan fingerprint density at radius 1 is 0.889 bits per heavy atom.